The number of hydrogen-bond acceptors (Lipinski definition) is 3. The number of aromatic amines is 1. The van der Waals surface area contributed by atoms with Gasteiger partial charge in [0.2, 0.25) is 0 Å². The first-order chi connectivity index (χ1) is 11.3. The van der Waals surface area contributed by atoms with Gasteiger partial charge in [-0.05, 0) is 31.6 Å². The quantitative estimate of drug-likeness (QED) is 0.839. The summed E-state index contributed by atoms with van der Waals surface area (Å²) in [4.78, 5) is 2.47. The topological polar surface area (TPSA) is 44.8 Å². The Morgan fingerprint density at radius 2 is 2.13 bits per heavy atom. The Labute approximate surface area is 138 Å². The van der Waals surface area contributed by atoms with E-state index in [1.807, 2.05) is 18.2 Å². The molecule has 2 aromatic rings. The fraction of sp³-hybridized carbons (Fsp3) is 0.474. The van der Waals surface area contributed by atoms with Crippen LogP contribution in [0.15, 0.2) is 42.6 Å². The molecule has 0 aliphatic carbocycles. The van der Waals surface area contributed by atoms with E-state index in [1.165, 1.54) is 25.0 Å². The summed E-state index contributed by atoms with van der Waals surface area (Å²) >= 11 is 0. The number of allylic oxidation sites excluding steroid dienone is 1. The van der Waals surface area contributed by atoms with Crippen molar-refractivity contribution >= 4 is 0 Å². The third-order valence-corrected chi connectivity index (χ3v) is 4.73. The highest BCUT2D eigenvalue weighted by atomic mass is 15.3. The van der Waals surface area contributed by atoms with Gasteiger partial charge in [-0.15, -0.1) is 0 Å². The van der Waals surface area contributed by atoms with Crippen LogP contribution >= 0.6 is 0 Å². The van der Waals surface area contributed by atoms with Crippen molar-refractivity contribution in [3.05, 3.63) is 48.3 Å². The monoisotopic (exact) mass is 310 g/mol. The summed E-state index contributed by atoms with van der Waals surface area (Å²) in [5, 5.41) is 11.5. The molecular weight excluding hydrogens is 284 g/mol. The minimum Gasteiger partial charge on any atom is -0.375 e. The Morgan fingerprint density at radius 1 is 1.30 bits per heavy atom. The van der Waals surface area contributed by atoms with E-state index in [0.29, 0.717) is 0 Å². The predicted octanol–water partition coefficient (Wildman–Crippen LogP) is 4.04. The van der Waals surface area contributed by atoms with Crippen molar-refractivity contribution < 1.29 is 0 Å². The molecule has 0 radical (unpaired) electrons. The normalized spacial score (nSPS) is 17.6. The van der Waals surface area contributed by atoms with E-state index < -0.39 is 0 Å². The molecule has 1 aromatic heterocycles. The van der Waals surface area contributed by atoms with Crippen molar-refractivity contribution in [3.63, 3.8) is 0 Å². The van der Waals surface area contributed by atoms with Crippen molar-refractivity contribution in [3.8, 4) is 11.3 Å². The van der Waals surface area contributed by atoms with Gasteiger partial charge in [0.25, 0.3) is 0 Å². The first-order valence-corrected chi connectivity index (χ1v) is 8.65. The molecule has 1 N–H and O–H groups in total. The highest BCUT2D eigenvalue weighted by Crippen LogP contribution is 2.27. The van der Waals surface area contributed by atoms with Crippen LogP contribution in [0.2, 0.25) is 0 Å². The first kappa shape index (κ1) is 15.8. The third-order valence-electron chi connectivity index (χ3n) is 4.73. The van der Waals surface area contributed by atoms with Crippen molar-refractivity contribution in [1.82, 2.24) is 20.3 Å². The lowest BCUT2D eigenvalue weighted by Crippen LogP contribution is -2.19. The smallest absolute Gasteiger partial charge is 0.115 e. The van der Waals surface area contributed by atoms with E-state index in [2.05, 4.69) is 45.9 Å². The lowest BCUT2D eigenvalue weighted by Gasteiger charge is -2.20. The van der Waals surface area contributed by atoms with Crippen LogP contribution in [0.3, 0.4) is 0 Å². The van der Waals surface area contributed by atoms with E-state index in [4.69, 9.17) is 0 Å². The second kappa shape index (κ2) is 7.44. The maximum atomic E-state index is 4.37. The van der Waals surface area contributed by atoms with Crippen LogP contribution in [0.4, 0.5) is 0 Å². The Kier molecular flexibility index (Phi) is 5.11. The number of aromatic nitrogens is 3. The van der Waals surface area contributed by atoms with Crippen LogP contribution in [-0.4, -0.2) is 33.4 Å². The van der Waals surface area contributed by atoms with Gasteiger partial charge in [0.1, 0.15) is 5.69 Å². The number of nitrogens with zero attached hydrogens (tertiary/aromatic N) is 3. The molecule has 1 unspecified atom stereocenters. The van der Waals surface area contributed by atoms with E-state index in [9.17, 15) is 0 Å². The summed E-state index contributed by atoms with van der Waals surface area (Å²) in [5.41, 5.74) is 4.53. The second-order valence-electron chi connectivity index (χ2n) is 6.44. The second-order valence-corrected chi connectivity index (χ2v) is 6.44. The number of benzene rings is 1. The highest BCUT2D eigenvalue weighted by molar-refractivity contribution is 5.60. The third kappa shape index (κ3) is 3.81. The standard InChI is InChI=1S/C19H26N4/c1-3-7-15(2)23-13-12-16(14-23)10-11-18-19(21-22-20-18)17-8-5-4-6-9-17/h4-6,8-9,16H,2-3,7,10-14H2,1H3,(H,20,21,22). The van der Waals surface area contributed by atoms with Crippen LogP contribution in [0.25, 0.3) is 11.3 Å². The number of nitrogens with one attached hydrogen (secondary N) is 1. The van der Waals surface area contributed by atoms with Crippen LogP contribution in [-0.2, 0) is 6.42 Å². The molecule has 0 amide bonds. The average Bonchev–Trinajstić information content (AvgIpc) is 3.23. The summed E-state index contributed by atoms with van der Waals surface area (Å²) in [6, 6.07) is 10.3. The Bertz CT molecular complexity index is 632. The summed E-state index contributed by atoms with van der Waals surface area (Å²) in [6.45, 7) is 8.75. The Balaban J connectivity index is 1.56. The molecular formula is C19H26N4. The number of likely N-dealkylation sites (tertiary alicyclic amines) is 1. The zero-order valence-corrected chi connectivity index (χ0v) is 14.0. The Hall–Kier alpha value is -2.10. The minimum atomic E-state index is 0.740. The molecule has 1 aromatic carbocycles. The van der Waals surface area contributed by atoms with Gasteiger partial charge in [-0.3, -0.25) is 0 Å². The van der Waals surface area contributed by atoms with Gasteiger partial charge in [-0.2, -0.15) is 15.4 Å². The zero-order chi connectivity index (χ0) is 16.1. The van der Waals surface area contributed by atoms with Crippen LogP contribution in [0.1, 0.15) is 38.3 Å². The minimum absolute atomic E-state index is 0.740. The zero-order valence-electron chi connectivity index (χ0n) is 14.0. The maximum Gasteiger partial charge on any atom is 0.115 e. The number of rotatable bonds is 7. The van der Waals surface area contributed by atoms with E-state index in [0.717, 1.165) is 48.8 Å². The van der Waals surface area contributed by atoms with Gasteiger partial charge in [-0.1, -0.05) is 50.3 Å². The molecule has 1 aliphatic heterocycles. The highest BCUT2D eigenvalue weighted by Gasteiger charge is 2.23. The van der Waals surface area contributed by atoms with Gasteiger partial charge in [-0.25, -0.2) is 0 Å². The summed E-state index contributed by atoms with van der Waals surface area (Å²) in [6.07, 6.45) is 5.72. The largest absolute Gasteiger partial charge is 0.375 e. The molecule has 23 heavy (non-hydrogen) atoms. The van der Waals surface area contributed by atoms with E-state index >= 15 is 0 Å². The lowest BCUT2D eigenvalue weighted by molar-refractivity contribution is 0.382. The molecule has 122 valence electrons. The summed E-state index contributed by atoms with van der Waals surface area (Å²) in [5.74, 6) is 0.740. The summed E-state index contributed by atoms with van der Waals surface area (Å²) < 4.78 is 0. The molecule has 4 heteroatoms. The molecule has 3 rings (SSSR count). The molecule has 1 aliphatic rings. The average molecular weight is 310 g/mol. The van der Waals surface area contributed by atoms with Crippen molar-refractivity contribution in [2.24, 2.45) is 5.92 Å². The Morgan fingerprint density at radius 3 is 2.91 bits per heavy atom. The molecule has 0 bridgehead atoms. The first-order valence-electron chi connectivity index (χ1n) is 8.65. The maximum absolute atomic E-state index is 4.37. The van der Waals surface area contributed by atoms with Gasteiger partial charge in [0.05, 0.1) is 5.69 Å². The van der Waals surface area contributed by atoms with Crippen molar-refractivity contribution in [2.45, 2.75) is 39.0 Å². The van der Waals surface area contributed by atoms with Gasteiger partial charge >= 0.3 is 0 Å². The molecule has 1 fully saturated rings. The summed E-state index contributed by atoms with van der Waals surface area (Å²) in [7, 11) is 0. The predicted molar refractivity (Wildman–Crippen MR) is 93.9 cm³/mol. The van der Waals surface area contributed by atoms with E-state index in [-0.39, 0.29) is 0 Å². The number of hydrogen-bond donors (Lipinski definition) is 1. The van der Waals surface area contributed by atoms with Crippen LogP contribution in [0.5, 0.6) is 0 Å². The molecule has 1 atom stereocenters. The fourth-order valence-electron chi connectivity index (χ4n) is 3.40. The van der Waals surface area contributed by atoms with Crippen molar-refractivity contribution in [1.29, 1.82) is 0 Å². The lowest BCUT2D eigenvalue weighted by atomic mass is 9.99. The van der Waals surface area contributed by atoms with Gasteiger partial charge < -0.3 is 4.90 Å². The van der Waals surface area contributed by atoms with Crippen LogP contribution < -0.4 is 0 Å². The molecule has 4 nitrogen and oxygen atoms in total. The van der Waals surface area contributed by atoms with Gasteiger partial charge in [0, 0.05) is 24.4 Å². The molecule has 1 saturated heterocycles. The van der Waals surface area contributed by atoms with Gasteiger partial charge in [0.15, 0.2) is 0 Å². The molecule has 0 saturated carbocycles. The van der Waals surface area contributed by atoms with Crippen molar-refractivity contribution in [2.75, 3.05) is 13.1 Å². The number of aryl methyl sites for hydroxylation is 1. The fourth-order valence-corrected chi connectivity index (χ4v) is 3.40. The van der Waals surface area contributed by atoms with Crippen LogP contribution in [0, 0.1) is 5.92 Å². The molecule has 2 heterocycles. The number of H-pyrrole nitrogens is 1. The van der Waals surface area contributed by atoms with E-state index in [1.54, 1.807) is 0 Å². The molecule has 0 spiro atoms. The SMILES string of the molecule is C=C(CCC)N1CCC(CCc2n[nH]nc2-c2ccccc2)C1.